The summed E-state index contributed by atoms with van der Waals surface area (Å²) < 4.78 is 15.3. The van der Waals surface area contributed by atoms with Crippen LogP contribution in [0.3, 0.4) is 0 Å². The summed E-state index contributed by atoms with van der Waals surface area (Å²) in [6.45, 7) is 1.96. The van der Waals surface area contributed by atoms with Gasteiger partial charge in [0.25, 0.3) is 0 Å². The van der Waals surface area contributed by atoms with Gasteiger partial charge in [-0.1, -0.05) is 12.1 Å². The molecule has 170 valence electrons. The summed E-state index contributed by atoms with van der Waals surface area (Å²) in [6.07, 6.45) is 3.01. The van der Waals surface area contributed by atoms with Gasteiger partial charge in [-0.2, -0.15) is 9.49 Å². The molecule has 33 heavy (non-hydrogen) atoms. The van der Waals surface area contributed by atoms with Crippen LogP contribution in [0.25, 0.3) is 5.69 Å². The predicted molar refractivity (Wildman–Crippen MR) is 116 cm³/mol. The fourth-order valence-corrected chi connectivity index (χ4v) is 3.88. The maximum absolute atomic E-state index is 13.7. The molecule has 1 aliphatic heterocycles. The second kappa shape index (κ2) is 8.77. The number of halogens is 1. The van der Waals surface area contributed by atoms with Crippen molar-refractivity contribution in [1.29, 1.82) is 0 Å². The third-order valence-electron chi connectivity index (χ3n) is 5.90. The number of nitrogens with zero attached hydrogens (tertiary/aromatic N) is 6. The minimum absolute atomic E-state index is 0.0215. The molecule has 1 aliphatic rings. The predicted octanol–water partition coefficient (Wildman–Crippen LogP) is 2.89. The average molecular weight is 452 g/mol. The number of rotatable bonds is 6. The van der Waals surface area contributed by atoms with Crippen LogP contribution in [0.4, 0.5) is 15.8 Å². The van der Waals surface area contributed by atoms with Crippen molar-refractivity contribution in [2.45, 2.75) is 19.4 Å². The first kappa shape index (κ1) is 22.1. The lowest BCUT2D eigenvalue weighted by Crippen LogP contribution is -2.36. The van der Waals surface area contributed by atoms with Gasteiger partial charge >= 0.3 is 5.69 Å². The minimum atomic E-state index is -0.980. The first-order valence-electron chi connectivity index (χ1n) is 10.2. The molecule has 0 N–H and O–H groups in total. The fraction of sp³-hybridized carbons (Fsp3) is 0.273. The normalized spacial score (nSPS) is 16.6. The summed E-state index contributed by atoms with van der Waals surface area (Å²) in [4.78, 5) is 42.6. The zero-order valence-corrected chi connectivity index (χ0v) is 18.0. The van der Waals surface area contributed by atoms with Gasteiger partial charge in [-0.25, -0.2) is 9.67 Å². The van der Waals surface area contributed by atoms with Crippen LogP contribution < -0.4 is 4.90 Å². The van der Waals surface area contributed by atoms with E-state index in [2.05, 4.69) is 10.1 Å². The van der Waals surface area contributed by atoms with Crippen LogP contribution in [0, 0.1) is 21.8 Å². The van der Waals surface area contributed by atoms with Crippen LogP contribution in [0.15, 0.2) is 55.1 Å². The minimum Gasteiger partial charge on any atom is -0.339 e. The van der Waals surface area contributed by atoms with E-state index in [0.29, 0.717) is 0 Å². The highest BCUT2D eigenvalue weighted by molar-refractivity contribution is 6.00. The van der Waals surface area contributed by atoms with E-state index in [9.17, 15) is 24.1 Å². The van der Waals surface area contributed by atoms with Crippen LogP contribution in [-0.4, -0.2) is 50.0 Å². The lowest BCUT2D eigenvalue weighted by molar-refractivity contribution is -0.387. The molecule has 0 bridgehead atoms. The van der Waals surface area contributed by atoms with Crippen LogP contribution in [0.1, 0.15) is 24.9 Å². The largest absolute Gasteiger partial charge is 0.339 e. The first-order chi connectivity index (χ1) is 15.8. The van der Waals surface area contributed by atoms with Gasteiger partial charge in [-0.15, -0.1) is 0 Å². The van der Waals surface area contributed by atoms with Crippen molar-refractivity contribution in [2.24, 2.45) is 5.92 Å². The standard InChI is InChI=1S/C22H21FN6O4/c1-14(15-3-5-17(6-4-15)28-13-24-12-25-28)26(2)22(31)16-9-21(30)27(11-16)18-7-8-19(23)20(10-18)29(32)33/h3-8,10,12-14,16H,9,11H2,1-2H3. The summed E-state index contributed by atoms with van der Waals surface area (Å²) in [5, 5.41) is 15.1. The van der Waals surface area contributed by atoms with Crippen molar-refractivity contribution < 1.29 is 18.9 Å². The highest BCUT2D eigenvalue weighted by atomic mass is 19.1. The van der Waals surface area contributed by atoms with Crippen LogP contribution in [0.5, 0.6) is 0 Å². The molecule has 2 aromatic carbocycles. The SMILES string of the molecule is CC(c1ccc(-n2cncn2)cc1)N(C)C(=O)C1CC(=O)N(c2ccc(F)c([N+](=O)[O-])c2)C1. The van der Waals surface area contributed by atoms with E-state index in [1.54, 1.807) is 23.0 Å². The van der Waals surface area contributed by atoms with Crippen molar-refractivity contribution in [2.75, 3.05) is 18.5 Å². The molecule has 2 heterocycles. The molecular formula is C22H21FN6O4. The van der Waals surface area contributed by atoms with E-state index in [1.165, 1.54) is 17.3 Å². The Bertz CT molecular complexity index is 1200. The van der Waals surface area contributed by atoms with Crippen LogP contribution in [-0.2, 0) is 9.59 Å². The van der Waals surface area contributed by atoms with Gasteiger partial charge in [0.1, 0.15) is 12.7 Å². The second-order valence-corrected chi connectivity index (χ2v) is 7.85. The monoisotopic (exact) mass is 452 g/mol. The molecule has 1 aromatic heterocycles. The second-order valence-electron chi connectivity index (χ2n) is 7.85. The number of hydrogen-bond acceptors (Lipinski definition) is 6. The molecular weight excluding hydrogens is 431 g/mol. The molecule has 10 nitrogen and oxygen atoms in total. The Morgan fingerprint density at radius 2 is 1.94 bits per heavy atom. The Morgan fingerprint density at radius 3 is 2.58 bits per heavy atom. The molecule has 11 heteroatoms. The van der Waals surface area contributed by atoms with Gasteiger partial charge < -0.3 is 9.80 Å². The maximum atomic E-state index is 13.7. The molecule has 2 amide bonds. The molecule has 4 rings (SSSR count). The number of benzene rings is 2. The Kier molecular flexibility index (Phi) is 5.86. The van der Waals surface area contributed by atoms with Gasteiger partial charge in [0.05, 0.1) is 28.3 Å². The molecule has 0 saturated carbocycles. The molecule has 2 unspecified atom stereocenters. The Hall–Kier alpha value is -4.15. The van der Waals surface area contributed by atoms with Gasteiger partial charge in [0.15, 0.2) is 0 Å². The Morgan fingerprint density at radius 1 is 1.24 bits per heavy atom. The third kappa shape index (κ3) is 4.29. The highest BCUT2D eigenvalue weighted by Crippen LogP contribution is 2.31. The number of hydrogen-bond donors (Lipinski definition) is 0. The summed E-state index contributed by atoms with van der Waals surface area (Å²) in [5.74, 6) is -2.14. The number of carbonyl (C=O) groups is 2. The van der Waals surface area contributed by atoms with Crippen molar-refractivity contribution >= 4 is 23.2 Å². The van der Waals surface area contributed by atoms with Crippen molar-refractivity contribution in [3.05, 3.63) is 76.6 Å². The summed E-state index contributed by atoms with van der Waals surface area (Å²) in [6, 6.07) is 10.6. The Labute approximate surface area is 188 Å². The number of carbonyl (C=O) groups excluding carboxylic acids is 2. The summed E-state index contributed by atoms with van der Waals surface area (Å²) in [5.41, 5.74) is 1.23. The van der Waals surface area contributed by atoms with Gasteiger partial charge in [0.2, 0.25) is 17.6 Å². The molecule has 1 fully saturated rings. The van der Waals surface area contributed by atoms with Crippen molar-refractivity contribution in [1.82, 2.24) is 19.7 Å². The number of anilines is 1. The number of nitro groups is 1. The summed E-state index contributed by atoms with van der Waals surface area (Å²) >= 11 is 0. The third-order valence-corrected chi connectivity index (χ3v) is 5.90. The van der Waals surface area contributed by atoms with Crippen LogP contribution >= 0.6 is 0 Å². The maximum Gasteiger partial charge on any atom is 0.306 e. The summed E-state index contributed by atoms with van der Waals surface area (Å²) in [7, 11) is 1.67. The van der Waals surface area contributed by atoms with E-state index >= 15 is 0 Å². The van der Waals surface area contributed by atoms with E-state index in [-0.39, 0.29) is 36.5 Å². The average Bonchev–Trinajstić information content (AvgIpc) is 3.48. The Balaban J connectivity index is 1.46. The molecule has 3 aromatic rings. The van der Waals surface area contributed by atoms with Gasteiger partial charge in [0, 0.05) is 26.1 Å². The molecule has 1 saturated heterocycles. The van der Waals surface area contributed by atoms with Crippen molar-refractivity contribution in [3.63, 3.8) is 0 Å². The van der Waals surface area contributed by atoms with Gasteiger partial charge in [-0.05, 0) is 36.8 Å². The lowest BCUT2D eigenvalue weighted by atomic mass is 10.0. The molecule has 2 atom stereocenters. The smallest absolute Gasteiger partial charge is 0.306 e. The van der Waals surface area contributed by atoms with E-state index < -0.39 is 22.3 Å². The number of amides is 2. The fourth-order valence-electron chi connectivity index (χ4n) is 3.88. The topological polar surface area (TPSA) is 114 Å². The molecule has 0 spiro atoms. The first-order valence-corrected chi connectivity index (χ1v) is 10.2. The van der Waals surface area contributed by atoms with Crippen molar-refractivity contribution in [3.8, 4) is 5.69 Å². The van der Waals surface area contributed by atoms with E-state index in [0.717, 1.165) is 23.4 Å². The van der Waals surface area contributed by atoms with Crippen LogP contribution in [0.2, 0.25) is 0 Å². The highest BCUT2D eigenvalue weighted by Gasteiger charge is 2.38. The number of nitro benzene ring substituents is 1. The van der Waals surface area contributed by atoms with Gasteiger partial charge in [-0.3, -0.25) is 19.7 Å². The lowest BCUT2D eigenvalue weighted by Gasteiger charge is -2.28. The van der Waals surface area contributed by atoms with E-state index in [4.69, 9.17) is 0 Å². The zero-order valence-electron chi connectivity index (χ0n) is 18.0. The van der Waals surface area contributed by atoms with E-state index in [1.807, 2.05) is 31.2 Å². The number of aromatic nitrogens is 3. The molecule has 0 aliphatic carbocycles. The quantitative estimate of drug-likeness (QED) is 0.420. The zero-order chi connectivity index (χ0) is 23.7. The molecule has 0 radical (unpaired) electrons.